The van der Waals surface area contributed by atoms with Gasteiger partial charge < -0.3 is 10.6 Å². The topological polar surface area (TPSA) is 46.3 Å². The Morgan fingerprint density at radius 3 is 2.55 bits per heavy atom. The Kier molecular flexibility index (Phi) is 4.33. The molecule has 6 heteroatoms. The van der Waals surface area contributed by atoms with E-state index in [1.165, 1.54) is 4.90 Å². The average Bonchev–Trinajstić information content (AvgIpc) is 2.37. The summed E-state index contributed by atoms with van der Waals surface area (Å²) >= 11 is 0. The minimum absolute atomic E-state index is 0.123. The number of hydrogen-bond acceptors (Lipinski definition) is 2. The molecule has 2 aliphatic rings. The van der Waals surface area contributed by atoms with Gasteiger partial charge in [0.1, 0.15) is 0 Å². The number of carbonyl (C=O) groups excluding carboxylic acids is 1. The van der Waals surface area contributed by atoms with Crippen molar-refractivity contribution in [2.75, 3.05) is 13.1 Å². The Morgan fingerprint density at radius 1 is 1.25 bits per heavy atom. The Balaban J connectivity index is 2.05. The van der Waals surface area contributed by atoms with E-state index in [4.69, 9.17) is 5.73 Å². The quantitative estimate of drug-likeness (QED) is 0.807. The Bertz CT molecular complexity index is 368. The first kappa shape index (κ1) is 15.6. The van der Waals surface area contributed by atoms with E-state index < -0.39 is 17.6 Å². The fraction of sp³-hybridized carbons (Fsp3) is 0.929. The van der Waals surface area contributed by atoms with Gasteiger partial charge in [-0.05, 0) is 32.6 Å². The van der Waals surface area contributed by atoms with Gasteiger partial charge in [-0.2, -0.15) is 13.2 Å². The molecule has 2 fully saturated rings. The summed E-state index contributed by atoms with van der Waals surface area (Å²) in [6.45, 7) is 2.08. The van der Waals surface area contributed by atoms with Crippen LogP contribution in [-0.2, 0) is 4.79 Å². The second kappa shape index (κ2) is 5.54. The smallest absolute Gasteiger partial charge is 0.342 e. The lowest BCUT2D eigenvalue weighted by atomic mass is 9.73. The molecule has 0 radical (unpaired) electrons. The molecule has 1 aliphatic heterocycles. The number of nitrogens with two attached hydrogens (primary N) is 1. The number of amides is 1. The summed E-state index contributed by atoms with van der Waals surface area (Å²) < 4.78 is 38.4. The summed E-state index contributed by atoms with van der Waals surface area (Å²) in [4.78, 5) is 13.9. The van der Waals surface area contributed by atoms with Gasteiger partial charge in [-0.1, -0.05) is 12.8 Å². The van der Waals surface area contributed by atoms with Crippen LogP contribution in [-0.4, -0.2) is 35.6 Å². The molecule has 116 valence electrons. The van der Waals surface area contributed by atoms with Crippen molar-refractivity contribution < 1.29 is 18.0 Å². The van der Waals surface area contributed by atoms with Crippen LogP contribution in [0.25, 0.3) is 0 Å². The van der Waals surface area contributed by atoms with Gasteiger partial charge in [0, 0.05) is 18.6 Å². The van der Waals surface area contributed by atoms with Gasteiger partial charge in [-0.15, -0.1) is 0 Å². The number of hydrogen-bond donors (Lipinski definition) is 1. The van der Waals surface area contributed by atoms with Crippen molar-refractivity contribution in [1.29, 1.82) is 0 Å². The second-order valence-electron chi connectivity index (χ2n) is 6.47. The van der Waals surface area contributed by atoms with Crippen LogP contribution in [0.2, 0.25) is 0 Å². The lowest BCUT2D eigenvalue weighted by Crippen LogP contribution is -2.55. The molecule has 1 saturated carbocycles. The Hall–Kier alpha value is -0.780. The highest BCUT2D eigenvalue weighted by molar-refractivity contribution is 5.80. The highest BCUT2D eigenvalue weighted by atomic mass is 19.4. The fourth-order valence-electron chi connectivity index (χ4n) is 3.43. The number of likely N-dealkylation sites (tertiary alicyclic amines) is 1. The molecule has 0 aromatic rings. The van der Waals surface area contributed by atoms with E-state index >= 15 is 0 Å². The van der Waals surface area contributed by atoms with E-state index in [1.54, 1.807) is 0 Å². The average molecular weight is 292 g/mol. The maximum atomic E-state index is 12.8. The van der Waals surface area contributed by atoms with Crippen molar-refractivity contribution in [3.63, 3.8) is 0 Å². The van der Waals surface area contributed by atoms with E-state index in [2.05, 4.69) is 0 Å². The normalized spacial score (nSPS) is 36.0. The molecular formula is C14H23F3N2O. The highest BCUT2D eigenvalue weighted by Crippen LogP contribution is 2.36. The van der Waals surface area contributed by atoms with E-state index in [-0.39, 0.29) is 24.8 Å². The molecule has 3 nitrogen and oxygen atoms in total. The van der Waals surface area contributed by atoms with Crippen LogP contribution in [0.5, 0.6) is 0 Å². The zero-order valence-electron chi connectivity index (χ0n) is 11.9. The minimum atomic E-state index is -4.21. The van der Waals surface area contributed by atoms with Crippen LogP contribution >= 0.6 is 0 Å². The van der Waals surface area contributed by atoms with Crippen molar-refractivity contribution in [3.8, 4) is 0 Å². The van der Waals surface area contributed by atoms with Crippen LogP contribution < -0.4 is 5.73 Å². The molecular weight excluding hydrogens is 269 g/mol. The number of carbonyl (C=O) groups is 1. The van der Waals surface area contributed by atoms with Gasteiger partial charge in [0.25, 0.3) is 0 Å². The molecule has 1 aliphatic carbocycles. The molecule has 20 heavy (non-hydrogen) atoms. The molecule has 0 bridgehead atoms. The molecule has 1 amide bonds. The van der Waals surface area contributed by atoms with E-state index in [9.17, 15) is 18.0 Å². The first-order chi connectivity index (χ1) is 9.22. The molecule has 3 unspecified atom stereocenters. The van der Waals surface area contributed by atoms with Gasteiger partial charge in [-0.25, -0.2) is 0 Å². The lowest BCUT2D eigenvalue weighted by Gasteiger charge is -2.42. The summed E-state index contributed by atoms with van der Waals surface area (Å²) in [6, 6.07) is 0. The highest BCUT2D eigenvalue weighted by Gasteiger charge is 2.45. The molecule has 0 aromatic heterocycles. The van der Waals surface area contributed by atoms with Crippen LogP contribution in [0.4, 0.5) is 13.2 Å². The van der Waals surface area contributed by atoms with Gasteiger partial charge in [0.05, 0.1) is 11.8 Å². The number of nitrogens with zero attached hydrogens (tertiary/aromatic N) is 1. The molecule has 0 aromatic carbocycles. The maximum Gasteiger partial charge on any atom is 0.393 e. The lowest BCUT2D eigenvalue weighted by molar-refractivity contribution is -0.189. The zero-order valence-corrected chi connectivity index (χ0v) is 11.9. The van der Waals surface area contributed by atoms with Crippen LogP contribution in [0.1, 0.15) is 45.4 Å². The number of halogens is 3. The molecule has 3 atom stereocenters. The Morgan fingerprint density at radius 2 is 1.95 bits per heavy atom. The molecule has 2 N–H and O–H groups in total. The standard InChI is InChI=1S/C14H23F3N2O/c1-13(18)7-3-2-6-11(13)12(20)19-8-4-5-10(9-19)14(15,16)17/h10-11H,2-9,18H2,1H3. The molecule has 0 spiro atoms. The summed E-state index contributed by atoms with van der Waals surface area (Å²) in [6.07, 6.45) is -0.292. The Labute approximate surface area is 117 Å². The predicted octanol–water partition coefficient (Wildman–Crippen LogP) is 2.69. The number of rotatable bonds is 1. The van der Waals surface area contributed by atoms with Crippen LogP contribution in [0, 0.1) is 11.8 Å². The van der Waals surface area contributed by atoms with Gasteiger partial charge in [0.15, 0.2) is 0 Å². The van der Waals surface area contributed by atoms with Crippen LogP contribution in [0.3, 0.4) is 0 Å². The van der Waals surface area contributed by atoms with Crippen molar-refractivity contribution in [2.45, 2.75) is 57.2 Å². The number of piperidine rings is 1. The maximum absolute atomic E-state index is 12.8. The first-order valence-electron chi connectivity index (χ1n) is 7.36. The largest absolute Gasteiger partial charge is 0.393 e. The summed E-state index contributed by atoms with van der Waals surface area (Å²) in [5.74, 6) is -1.89. The molecule has 2 rings (SSSR count). The van der Waals surface area contributed by atoms with Crippen molar-refractivity contribution in [3.05, 3.63) is 0 Å². The van der Waals surface area contributed by atoms with Gasteiger partial charge >= 0.3 is 6.18 Å². The zero-order chi connectivity index (χ0) is 15.0. The third-order valence-corrected chi connectivity index (χ3v) is 4.75. The van der Waals surface area contributed by atoms with Crippen molar-refractivity contribution >= 4 is 5.91 Å². The van der Waals surface area contributed by atoms with E-state index in [1.807, 2.05) is 6.92 Å². The summed E-state index contributed by atoms with van der Waals surface area (Å²) in [5.41, 5.74) is 5.60. The van der Waals surface area contributed by atoms with Gasteiger partial charge in [-0.3, -0.25) is 4.79 Å². The van der Waals surface area contributed by atoms with E-state index in [0.717, 1.165) is 19.3 Å². The van der Waals surface area contributed by atoms with Crippen LogP contribution in [0.15, 0.2) is 0 Å². The monoisotopic (exact) mass is 292 g/mol. The first-order valence-corrected chi connectivity index (χ1v) is 7.36. The SMILES string of the molecule is CC1(N)CCCCC1C(=O)N1CCCC(C(F)(F)F)C1. The van der Waals surface area contributed by atoms with Gasteiger partial charge in [0.2, 0.25) is 5.91 Å². The molecule has 1 heterocycles. The third kappa shape index (κ3) is 3.27. The van der Waals surface area contributed by atoms with E-state index in [0.29, 0.717) is 19.4 Å². The minimum Gasteiger partial charge on any atom is -0.342 e. The predicted molar refractivity (Wildman–Crippen MR) is 69.9 cm³/mol. The summed E-state index contributed by atoms with van der Waals surface area (Å²) in [7, 11) is 0. The van der Waals surface area contributed by atoms with Crippen molar-refractivity contribution in [2.24, 2.45) is 17.6 Å². The summed E-state index contributed by atoms with van der Waals surface area (Å²) in [5, 5.41) is 0. The molecule has 1 saturated heterocycles. The van der Waals surface area contributed by atoms with Crippen molar-refractivity contribution in [1.82, 2.24) is 4.90 Å². The fourth-order valence-corrected chi connectivity index (χ4v) is 3.43. The number of alkyl halides is 3. The second-order valence-corrected chi connectivity index (χ2v) is 6.47. The third-order valence-electron chi connectivity index (χ3n) is 4.75.